The third kappa shape index (κ3) is 1.88. The van der Waals surface area contributed by atoms with Crippen molar-refractivity contribution in [3.05, 3.63) is 48.4 Å². The summed E-state index contributed by atoms with van der Waals surface area (Å²) in [4.78, 5) is 0. The molecular weight excluding hydrogens is 205 g/mol. The minimum Gasteiger partial charge on any atom is -0.472 e. The van der Waals surface area contributed by atoms with E-state index in [1.165, 1.54) is 30.7 Å². The molecule has 0 amide bonds. The first-order valence-electron chi connectivity index (χ1n) is 4.28. The van der Waals surface area contributed by atoms with Crippen molar-refractivity contribution in [1.29, 1.82) is 0 Å². The van der Waals surface area contributed by atoms with E-state index in [1.54, 1.807) is 6.07 Å². The Morgan fingerprint density at radius 1 is 1.00 bits per heavy atom. The molecule has 0 unspecified atom stereocenters. The van der Waals surface area contributed by atoms with Gasteiger partial charge in [0.15, 0.2) is 0 Å². The van der Waals surface area contributed by atoms with Gasteiger partial charge in [-0.3, -0.25) is 0 Å². The molecule has 0 fully saturated rings. The molecule has 15 heavy (non-hydrogen) atoms. The molecule has 0 radical (unpaired) electrons. The zero-order valence-corrected chi connectivity index (χ0v) is 7.58. The third-order valence-corrected chi connectivity index (χ3v) is 2.06. The van der Waals surface area contributed by atoms with Crippen LogP contribution in [0.1, 0.15) is 5.56 Å². The lowest BCUT2D eigenvalue weighted by atomic mass is 10.0. The average Bonchev–Trinajstić information content (AvgIpc) is 2.69. The number of alkyl halides is 3. The molecule has 4 heteroatoms. The van der Waals surface area contributed by atoms with Gasteiger partial charge >= 0.3 is 6.18 Å². The van der Waals surface area contributed by atoms with Gasteiger partial charge in [-0.2, -0.15) is 13.2 Å². The summed E-state index contributed by atoms with van der Waals surface area (Å²) in [7, 11) is 0. The van der Waals surface area contributed by atoms with Crippen molar-refractivity contribution in [1.82, 2.24) is 0 Å². The van der Waals surface area contributed by atoms with E-state index >= 15 is 0 Å². The highest BCUT2D eigenvalue weighted by Crippen LogP contribution is 2.36. The van der Waals surface area contributed by atoms with Crippen molar-refractivity contribution in [2.45, 2.75) is 6.18 Å². The summed E-state index contributed by atoms with van der Waals surface area (Å²) in [5.74, 6) is 0. The predicted octanol–water partition coefficient (Wildman–Crippen LogP) is 3.97. The zero-order chi connectivity index (χ0) is 10.9. The minimum atomic E-state index is -4.34. The second kappa shape index (κ2) is 3.46. The summed E-state index contributed by atoms with van der Waals surface area (Å²) in [6.07, 6.45) is -1.69. The number of benzene rings is 1. The van der Waals surface area contributed by atoms with Crippen LogP contribution in [-0.2, 0) is 6.18 Å². The lowest BCUT2D eigenvalue weighted by molar-refractivity contribution is -0.137. The van der Waals surface area contributed by atoms with Crippen LogP contribution in [0.5, 0.6) is 0 Å². The van der Waals surface area contributed by atoms with Crippen molar-refractivity contribution in [2.24, 2.45) is 0 Å². The SMILES string of the molecule is FC(F)(F)c1ccccc1-c1ccoc1. The molecule has 1 aromatic carbocycles. The van der Waals surface area contributed by atoms with Gasteiger partial charge in [0.25, 0.3) is 0 Å². The average molecular weight is 212 g/mol. The first kappa shape index (κ1) is 9.83. The van der Waals surface area contributed by atoms with Gasteiger partial charge in [-0.25, -0.2) is 0 Å². The summed E-state index contributed by atoms with van der Waals surface area (Å²) >= 11 is 0. The number of halogens is 3. The molecule has 1 nitrogen and oxygen atoms in total. The maximum atomic E-state index is 12.6. The Kier molecular flexibility index (Phi) is 2.26. The molecule has 0 N–H and O–H groups in total. The Bertz CT molecular complexity index is 443. The van der Waals surface area contributed by atoms with E-state index in [4.69, 9.17) is 4.42 Å². The molecule has 2 aromatic rings. The molecule has 0 saturated carbocycles. The first-order chi connectivity index (χ1) is 7.09. The molecule has 0 bridgehead atoms. The van der Waals surface area contributed by atoms with Crippen LogP contribution in [0.4, 0.5) is 13.2 Å². The minimum absolute atomic E-state index is 0.138. The van der Waals surface area contributed by atoms with Gasteiger partial charge in [0, 0.05) is 5.56 Å². The van der Waals surface area contributed by atoms with Gasteiger partial charge in [-0.1, -0.05) is 18.2 Å². The summed E-state index contributed by atoms with van der Waals surface area (Å²) in [6.45, 7) is 0. The van der Waals surface area contributed by atoms with Gasteiger partial charge in [0.05, 0.1) is 18.1 Å². The van der Waals surface area contributed by atoms with E-state index in [9.17, 15) is 13.2 Å². The molecule has 0 aliphatic rings. The Balaban J connectivity index is 2.58. The van der Waals surface area contributed by atoms with E-state index in [2.05, 4.69) is 0 Å². The van der Waals surface area contributed by atoms with Gasteiger partial charge in [0.1, 0.15) is 0 Å². The fraction of sp³-hybridized carbons (Fsp3) is 0.0909. The maximum absolute atomic E-state index is 12.6. The second-order valence-electron chi connectivity index (χ2n) is 3.06. The number of rotatable bonds is 1. The van der Waals surface area contributed by atoms with E-state index < -0.39 is 11.7 Å². The predicted molar refractivity (Wildman–Crippen MR) is 49.1 cm³/mol. The quantitative estimate of drug-likeness (QED) is 0.697. The van der Waals surface area contributed by atoms with Crippen LogP contribution in [0.25, 0.3) is 11.1 Å². The summed E-state index contributed by atoms with van der Waals surface area (Å²) in [5, 5.41) is 0. The number of hydrogen-bond donors (Lipinski definition) is 0. The number of hydrogen-bond acceptors (Lipinski definition) is 1. The van der Waals surface area contributed by atoms with Crippen LogP contribution < -0.4 is 0 Å². The Hall–Kier alpha value is -1.71. The van der Waals surface area contributed by atoms with Crippen molar-refractivity contribution in [3.8, 4) is 11.1 Å². The Labute approximate surface area is 84.1 Å². The lowest BCUT2D eigenvalue weighted by Crippen LogP contribution is -2.06. The van der Waals surface area contributed by atoms with Crippen LogP contribution in [0.3, 0.4) is 0 Å². The van der Waals surface area contributed by atoms with Crippen molar-refractivity contribution >= 4 is 0 Å². The molecule has 2 rings (SSSR count). The van der Waals surface area contributed by atoms with Crippen LogP contribution in [-0.4, -0.2) is 0 Å². The molecule has 1 heterocycles. The lowest BCUT2D eigenvalue weighted by Gasteiger charge is -2.10. The van der Waals surface area contributed by atoms with Gasteiger partial charge in [-0.15, -0.1) is 0 Å². The normalized spacial score (nSPS) is 11.7. The molecule has 0 aliphatic carbocycles. The van der Waals surface area contributed by atoms with E-state index in [0.717, 1.165) is 6.07 Å². The maximum Gasteiger partial charge on any atom is 0.417 e. The fourth-order valence-electron chi connectivity index (χ4n) is 1.40. The highest BCUT2D eigenvalue weighted by molar-refractivity contribution is 5.66. The molecule has 1 aromatic heterocycles. The highest BCUT2D eigenvalue weighted by atomic mass is 19.4. The van der Waals surface area contributed by atoms with Crippen molar-refractivity contribution in [2.75, 3.05) is 0 Å². The van der Waals surface area contributed by atoms with Crippen molar-refractivity contribution in [3.63, 3.8) is 0 Å². The Morgan fingerprint density at radius 2 is 1.73 bits per heavy atom. The monoisotopic (exact) mass is 212 g/mol. The first-order valence-corrected chi connectivity index (χ1v) is 4.28. The van der Waals surface area contributed by atoms with E-state index in [0.29, 0.717) is 5.56 Å². The van der Waals surface area contributed by atoms with Crippen LogP contribution in [0, 0.1) is 0 Å². The summed E-state index contributed by atoms with van der Waals surface area (Å²) < 4.78 is 42.6. The molecular formula is C11H7F3O. The standard InChI is InChI=1S/C11H7F3O/c12-11(13,14)10-4-2-1-3-9(10)8-5-6-15-7-8/h1-7H. The third-order valence-electron chi connectivity index (χ3n) is 2.06. The molecule has 78 valence electrons. The summed E-state index contributed by atoms with van der Waals surface area (Å²) in [5.41, 5.74) is -0.0759. The van der Waals surface area contributed by atoms with Crippen LogP contribution >= 0.6 is 0 Å². The fourth-order valence-corrected chi connectivity index (χ4v) is 1.40. The van der Waals surface area contributed by atoms with Gasteiger partial charge in [0.2, 0.25) is 0 Å². The van der Waals surface area contributed by atoms with E-state index in [1.807, 2.05) is 0 Å². The Morgan fingerprint density at radius 3 is 2.33 bits per heavy atom. The largest absolute Gasteiger partial charge is 0.472 e. The zero-order valence-electron chi connectivity index (χ0n) is 7.58. The van der Waals surface area contributed by atoms with Crippen LogP contribution in [0.2, 0.25) is 0 Å². The topological polar surface area (TPSA) is 13.1 Å². The highest BCUT2D eigenvalue weighted by Gasteiger charge is 2.33. The van der Waals surface area contributed by atoms with E-state index in [-0.39, 0.29) is 5.56 Å². The van der Waals surface area contributed by atoms with Crippen LogP contribution in [0.15, 0.2) is 47.3 Å². The second-order valence-corrected chi connectivity index (χ2v) is 3.06. The number of furan rings is 1. The van der Waals surface area contributed by atoms with Gasteiger partial charge in [-0.05, 0) is 17.7 Å². The molecule has 0 atom stereocenters. The van der Waals surface area contributed by atoms with Crippen molar-refractivity contribution < 1.29 is 17.6 Å². The van der Waals surface area contributed by atoms with Gasteiger partial charge < -0.3 is 4.42 Å². The summed E-state index contributed by atoms with van der Waals surface area (Å²) in [6, 6.07) is 6.92. The smallest absolute Gasteiger partial charge is 0.417 e. The molecule has 0 saturated heterocycles. The molecule has 0 spiro atoms. The molecule has 0 aliphatic heterocycles.